The molecule has 21 heavy (non-hydrogen) atoms. The van der Waals surface area contributed by atoms with Gasteiger partial charge in [0.15, 0.2) is 0 Å². The summed E-state index contributed by atoms with van der Waals surface area (Å²) < 4.78 is 7.15. The van der Waals surface area contributed by atoms with E-state index in [-0.39, 0.29) is 6.61 Å². The molecule has 0 N–H and O–H groups in total. The molecule has 0 unspecified atom stereocenters. The van der Waals surface area contributed by atoms with Crippen LogP contribution < -0.4 is 0 Å². The van der Waals surface area contributed by atoms with Crippen LogP contribution >= 0.6 is 0 Å². The molecule has 108 valence electrons. The molecule has 0 aliphatic carbocycles. The number of aromatic nitrogens is 2. The normalized spacial score (nSPS) is 10.1. The Bertz CT molecular complexity index is 657. The summed E-state index contributed by atoms with van der Waals surface area (Å²) in [5, 5.41) is 0. The van der Waals surface area contributed by atoms with Gasteiger partial charge in [-0.25, -0.2) is 9.78 Å². The second kappa shape index (κ2) is 6.70. The molecule has 0 saturated heterocycles. The second-order valence-corrected chi connectivity index (χ2v) is 4.68. The molecule has 0 aliphatic rings. The number of imidazole rings is 1. The van der Waals surface area contributed by atoms with Crippen molar-refractivity contribution in [3.63, 3.8) is 0 Å². The van der Waals surface area contributed by atoms with Crippen LogP contribution in [0.4, 0.5) is 0 Å². The van der Waals surface area contributed by atoms with Crippen molar-refractivity contribution in [3.8, 4) is 11.3 Å². The minimum Gasteiger partial charge on any atom is -0.454 e. The number of esters is 1. The van der Waals surface area contributed by atoms with Gasteiger partial charge in [0.25, 0.3) is 0 Å². The van der Waals surface area contributed by atoms with Gasteiger partial charge in [0.2, 0.25) is 0 Å². The van der Waals surface area contributed by atoms with E-state index in [0.29, 0.717) is 17.9 Å². The third-order valence-corrected chi connectivity index (χ3v) is 3.00. The molecule has 0 spiro atoms. The van der Waals surface area contributed by atoms with Crippen LogP contribution in [0.3, 0.4) is 0 Å². The zero-order valence-electron chi connectivity index (χ0n) is 12.1. The van der Waals surface area contributed by atoms with Crippen molar-refractivity contribution >= 4 is 5.97 Å². The van der Waals surface area contributed by atoms with E-state index < -0.39 is 5.97 Å². The van der Waals surface area contributed by atoms with Crippen LogP contribution in [0.2, 0.25) is 0 Å². The van der Waals surface area contributed by atoms with Crippen molar-refractivity contribution in [1.29, 1.82) is 0 Å². The van der Waals surface area contributed by atoms with E-state index in [1.54, 1.807) is 19.2 Å². The monoisotopic (exact) mass is 282 g/mol. The Kier molecular flexibility index (Phi) is 4.72. The number of carbonyl (C=O) groups is 1. The van der Waals surface area contributed by atoms with E-state index in [1.165, 1.54) is 0 Å². The van der Waals surface area contributed by atoms with E-state index in [0.717, 1.165) is 11.3 Å². The number of hydrogen-bond donors (Lipinski definition) is 0. The minimum atomic E-state index is -0.413. The van der Waals surface area contributed by atoms with E-state index >= 15 is 0 Å². The highest BCUT2D eigenvalue weighted by Gasteiger charge is 2.12. The van der Waals surface area contributed by atoms with Crippen molar-refractivity contribution in [2.24, 2.45) is 0 Å². The second-order valence-electron chi connectivity index (χ2n) is 4.68. The predicted molar refractivity (Wildman–Crippen MR) is 82.5 cm³/mol. The summed E-state index contributed by atoms with van der Waals surface area (Å²) in [5.41, 5.74) is 2.40. The van der Waals surface area contributed by atoms with Gasteiger partial charge in [0.1, 0.15) is 12.4 Å². The van der Waals surface area contributed by atoms with Gasteiger partial charge < -0.3 is 9.30 Å². The molecular formula is C17H18N2O2. The SMILES string of the molecule is C=CCn1c(-c2ccccc2)cnc1COC(=O)C(=C)C. The number of allylic oxidation sites excluding steroid dienone is 1. The number of nitrogens with zero attached hydrogens (tertiary/aromatic N) is 2. The van der Waals surface area contributed by atoms with Gasteiger partial charge in [0.05, 0.1) is 11.9 Å². The molecule has 0 fully saturated rings. The molecule has 0 bridgehead atoms. The van der Waals surface area contributed by atoms with Crippen LogP contribution in [0.15, 0.2) is 61.3 Å². The first-order valence-electron chi connectivity index (χ1n) is 6.67. The molecule has 0 amide bonds. The lowest BCUT2D eigenvalue weighted by Gasteiger charge is -2.10. The Balaban J connectivity index is 2.27. The maximum absolute atomic E-state index is 11.5. The highest BCUT2D eigenvalue weighted by molar-refractivity contribution is 5.86. The first kappa shape index (κ1) is 14.8. The molecule has 0 saturated carbocycles. The average molecular weight is 282 g/mol. The lowest BCUT2D eigenvalue weighted by atomic mass is 10.2. The Morgan fingerprint density at radius 1 is 1.38 bits per heavy atom. The van der Waals surface area contributed by atoms with Crippen molar-refractivity contribution in [3.05, 3.63) is 67.2 Å². The van der Waals surface area contributed by atoms with E-state index in [2.05, 4.69) is 18.1 Å². The third kappa shape index (κ3) is 3.48. The van der Waals surface area contributed by atoms with Gasteiger partial charge in [-0.05, 0) is 12.5 Å². The van der Waals surface area contributed by atoms with Crippen LogP contribution in [0, 0.1) is 0 Å². The summed E-state index contributed by atoms with van der Waals surface area (Å²) in [5.74, 6) is 0.271. The minimum absolute atomic E-state index is 0.117. The number of ether oxygens (including phenoxy) is 1. The predicted octanol–water partition coefficient (Wildman–Crippen LogP) is 3.36. The molecule has 4 heteroatoms. The van der Waals surface area contributed by atoms with E-state index in [1.807, 2.05) is 34.9 Å². The Labute approximate surface area is 124 Å². The van der Waals surface area contributed by atoms with Gasteiger partial charge in [-0.15, -0.1) is 6.58 Å². The van der Waals surface area contributed by atoms with E-state index in [4.69, 9.17) is 4.74 Å². The topological polar surface area (TPSA) is 44.1 Å². The average Bonchev–Trinajstić information content (AvgIpc) is 2.89. The summed E-state index contributed by atoms with van der Waals surface area (Å²) in [4.78, 5) is 15.8. The Morgan fingerprint density at radius 2 is 2.10 bits per heavy atom. The van der Waals surface area contributed by atoms with Crippen LogP contribution in [0.1, 0.15) is 12.7 Å². The van der Waals surface area contributed by atoms with Gasteiger partial charge in [-0.3, -0.25) is 0 Å². The molecule has 1 heterocycles. The molecule has 0 atom stereocenters. The molecule has 0 radical (unpaired) electrons. The first-order chi connectivity index (χ1) is 10.1. The largest absolute Gasteiger partial charge is 0.454 e. The Hall–Kier alpha value is -2.62. The quantitative estimate of drug-likeness (QED) is 0.463. The van der Waals surface area contributed by atoms with Crippen LogP contribution in [0.25, 0.3) is 11.3 Å². The summed E-state index contributed by atoms with van der Waals surface area (Å²) in [6, 6.07) is 9.94. The summed E-state index contributed by atoms with van der Waals surface area (Å²) in [6.45, 7) is 9.66. The number of rotatable bonds is 6. The lowest BCUT2D eigenvalue weighted by molar-refractivity contribution is -0.140. The Morgan fingerprint density at radius 3 is 2.71 bits per heavy atom. The molecule has 0 aliphatic heterocycles. The zero-order valence-corrected chi connectivity index (χ0v) is 12.1. The van der Waals surface area contributed by atoms with Gasteiger partial charge in [-0.2, -0.15) is 0 Å². The number of carbonyl (C=O) groups excluding carboxylic acids is 1. The maximum Gasteiger partial charge on any atom is 0.333 e. The van der Waals surface area contributed by atoms with Crippen LogP contribution in [0.5, 0.6) is 0 Å². The maximum atomic E-state index is 11.5. The molecule has 1 aromatic heterocycles. The zero-order chi connectivity index (χ0) is 15.2. The van der Waals surface area contributed by atoms with Crippen LogP contribution in [-0.2, 0) is 22.7 Å². The van der Waals surface area contributed by atoms with Gasteiger partial charge in [0, 0.05) is 12.1 Å². The molecule has 1 aromatic carbocycles. The standard InChI is InChI=1S/C17H18N2O2/c1-4-10-19-15(14-8-6-5-7-9-14)11-18-16(19)12-21-17(20)13(2)3/h4-9,11H,1-2,10,12H2,3H3. The molecule has 2 rings (SSSR count). The number of hydrogen-bond acceptors (Lipinski definition) is 3. The smallest absolute Gasteiger partial charge is 0.333 e. The fourth-order valence-corrected chi connectivity index (χ4v) is 1.95. The molecular weight excluding hydrogens is 264 g/mol. The van der Waals surface area contributed by atoms with Crippen molar-refractivity contribution in [2.45, 2.75) is 20.1 Å². The summed E-state index contributed by atoms with van der Waals surface area (Å²) in [6.07, 6.45) is 3.57. The molecule has 2 aromatic rings. The van der Waals surface area contributed by atoms with Crippen molar-refractivity contribution in [2.75, 3.05) is 0 Å². The fourth-order valence-electron chi connectivity index (χ4n) is 1.95. The van der Waals surface area contributed by atoms with Gasteiger partial charge >= 0.3 is 5.97 Å². The summed E-state index contributed by atoms with van der Waals surface area (Å²) >= 11 is 0. The van der Waals surface area contributed by atoms with Crippen molar-refractivity contribution < 1.29 is 9.53 Å². The first-order valence-corrected chi connectivity index (χ1v) is 6.67. The van der Waals surface area contributed by atoms with E-state index in [9.17, 15) is 4.79 Å². The van der Waals surface area contributed by atoms with Gasteiger partial charge in [-0.1, -0.05) is 43.0 Å². The summed E-state index contributed by atoms with van der Waals surface area (Å²) in [7, 11) is 0. The fraction of sp³-hybridized carbons (Fsp3) is 0.176. The molecule has 4 nitrogen and oxygen atoms in total. The van der Waals surface area contributed by atoms with Crippen molar-refractivity contribution in [1.82, 2.24) is 9.55 Å². The number of benzene rings is 1. The third-order valence-electron chi connectivity index (χ3n) is 3.00. The van der Waals surface area contributed by atoms with Crippen LogP contribution in [-0.4, -0.2) is 15.5 Å². The highest BCUT2D eigenvalue weighted by atomic mass is 16.5. The lowest BCUT2D eigenvalue weighted by Crippen LogP contribution is -2.10. The highest BCUT2D eigenvalue weighted by Crippen LogP contribution is 2.21.